The summed E-state index contributed by atoms with van der Waals surface area (Å²) in [6, 6.07) is 5.63. The van der Waals surface area contributed by atoms with Crippen LogP contribution in [0.3, 0.4) is 0 Å². The van der Waals surface area contributed by atoms with Crippen molar-refractivity contribution in [3.63, 3.8) is 0 Å². The highest BCUT2D eigenvalue weighted by Gasteiger charge is 2.08. The summed E-state index contributed by atoms with van der Waals surface area (Å²) >= 11 is 3.07. The Balaban J connectivity index is 2.32. The Morgan fingerprint density at radius 3 is 3.00 bits per heavy atom. The van der Waals surface area contributed by atoms with E-state index in [0.29, 0.717) is 10.9 Å². The van der Waals surface area contributed by atoms with Crippen LogP contribution in [0.15, 0.2) is 38.1 Å². The first-order chi connectivity index (χ1) is 8.19. The number of thiophene rings is 1. The molecule has 0 aliphatic carbocycles. The summed E-state index contributed by atoms with van der Waals surface area (Å²) in [6.45, 7) is 1.84. The van der Waals surface area contributed by atoms with E-state index in [1.165, 1.54) is 11.8 Å². The molecule has 0 radical (unpaired) electrons. The fraction of sp³-hybridized carbons (Fsp3) is 0.100. The van der Waals surface area contributed by atoms with E-state index in [0.717, 1.165) is 9.90 Å². The summed E-state index contributed by atoms with van der Waals surface area (Å²) in [5.74, 6) is -0.0106. The van der Waals surface area contributed by atoms with Crippen LogP contribution in [-0.4, -0.2) is 21.0 Å². The van der Waals surface area contributed by atoms with Gasteiger partial charge in [0.15, 0.2) is 11.0 Å². The number of aromatic nitrogens is 2. The van der Waals surface area contributed by atoms with Gasteiger partial charge < -0.3 is 10.9 Å². The molecule has 7 heteroatoms. The van der Waals surface area contributed by atoms with Crippen molar-refractivity contribution >= 4 is 28.9 Å². The third kappa shape index (κ3) is 2.95. The number of nitrogens with zero attached hydrogens (tertiary/aromatic N) is 3. The molecule has 2 heterocycles. The molecule has 2 aromatic rings. The van der Waals surface area contributed by atoms with Crippen molar-refractivity contribution in [3.8, 4) is 0 Å². The molecule has 0 fully saturated rings. The molecular weight excluding hydrogens is 256 g/mol. The van der Waals surface area contributed by atoms with Crippen molar-refractivity contribution in [2.45, 2.75) is 16.3 Å². The first kappa shape index (κ1) is 11.9. The van der Waals surface area contributed by atoms with E-state index >= 15 is 0 Å². The number of rotatable bonds is 3. The molecule has 0 amide bonds. The van der Waals surface area contributed by atoms with Gasteiger partial charge in [-0.2, -0.15) is 0 Å². The van der Waals surface area contributed by atoms with Gasteiger partial charge in [-0.3, -0.25) is 0 Å². The monoisotopic (exact) mass is 266 g/mol. The van der Waals surface area contributed by atoms with E-state index < -0.39 is 0 Å². The van der Waals surface area contributed by atoms with Crippen LogP contribution in [0.1, 0.15) is 11.4 Å². The summed E-state index contributed by atoms with van der Waals surface area (Å²) in [7, 11) is 0. The second kappa shape index (κ2) is 5.15. The molecule has 88 valence electrons. The van der Waals surface area contributed by atoms with Crippen LogP contribution in [0.5, 0.6) is 0 Å². The lowest BCUT2D eigenvalue weighted by molar-refractivity contribution is 0.318. The molecule has 0 spiro atoms. The maximum Gasteiger partial charge on any atom is 0.194 e. The maximum absolute atomic E-state index is 8.62. The summed E-state index contributed by atoms with van der Waals surface area (Å²) in [4.78, 5) is 8.51. The molecular formula is C10H10N4OS2. The predicted molar refractivity (Wildman–Crippen MR) is 67.7 cm³/mol. The van der Waals surface area contributed by atoms with Crippen molar-refractivity contribution in [2.75, 3.05) is 0 Å². The summed E-state index contributed by atoms with van der Waals surface area (Å²) in [6.07, 6.45) is 0. The standard InChI is InChI=1S/C10H10N4OS2/c1-6-5-7(9(11)14-15)13-10(12-6)17-8-3-2-4-16-8/h2-5,15H,1H3,(H2,11,14). The second-order valence-corrected chi connectivity index (χ2v) is 5.41. The maximum atomic E-state index is 8.62. The Morgan fingerprint density at radius 2 is 2.35 bits per heavy atom. The van der Waals surface area contributed by atoms with Gasteiger partial charge in [-0.25, -0.2) is 9.97 Å². The van der Waals surface area contributed by atoms with Gasteiger partial charge in [-0.1, -0.05) is 11.2 Å². The van der Waals surface area contributed by atoms with Crippen molar-refractivity contribution in [1.82, 2.24) is 9.97 Å². The van der Waals surface area contributed by atoms with Gasteiger partial charge in [0.25, 0.3) is 0 Å². The number of hydrogen-bond acceptors (Lipinski definition) is 6. The number of aryl methyl sites for hydroxylation is 1. The van der Waals surface area contributed by atoms with Gasteiger partial charge in [-0.15, -0.1) is 11.3 Å². The molecule has 0 aromatic carbocycles. The third-order valence-corrected chi connectivity index (χ3v) is 3.79. The summed E-state index contributed by atoms with van der Waals surface area (Å²) in [5.41, 5.74) is 6.72. The van der Waals surface area contributed by atoms with Crippen molar-refractivity contribution < 1.29 is 5.21 Å². The molecule has 0 aliphatic rings. The van der Waals surface area contributed by atoms with Crippen LogP contribution >= 0.6 is 23.1 Å². The van der Waals surface area contributed by atoms with Crippen LogP contribution in [0, 0.1) is 6.92 Å². The zero-order valence-electron chi connectivity index (χ0n) is 8.99. The van der Waals surface area contributed by atoms with Gasteiger partial charge >= 0.3 is 0 Å². The lowest BCUT2D eigenvalue weighted by Crippen LogP contribution is -2.16. The lowest BCUT2D eigenvalue weighted by Gasteiger charge is -2.03. The lowest BCUT2D eigenvalue weighted by atomic mass is 10.3. The van der Waals surface area contributed by atoms with Crippen molar-refractivity contribution in [2.24, 2.45) is 10.9 Å². The number of hydrogen-bond donors (Lipinski definition) is 2. The molecule has 0 unspecified atom stereocenters. The highest BCUT2D eigenvalue weighted by molar-refractivity contribution is 8.01. The third-order valence-electron chi connectivity index (χ3n) is 1.89. The fourth-order valence-corrected chi connectivity index (χ4v) is 2.87. The number of nitrogens with two attached hydrogens (primary N) is 1. The SMILES string of the molecule is Cc1cc(/C(N)=N/O)nc(Sc2cccs2)n1. The molecule has 17 heavy (non-hydrogen) atoms. The topological polar surface area (TPSA) is 84.4 Å². The largest absolute Gasteiger partial charge is 0.409 e. The van der Waals surface area contributed by atoms with Crippen LogP contribution in [0.2, 0.25) is 0 Å². The van der Waals surface area contributed by atoms with E-state index in [4.69, 9.17) is 10.9 Å². The Hall–Kier alpha value is -1.60. The van der Waals surface area contributed by atoms with E-state index in [2.05, 4.69) is 15.1 Å². The Morgan fingerprint density at radius 1 is 1.53 bits per heavy atom. The van der Waals surface area contributed by atoms with Gasteiger partial charge in [-0.05, 0) is 36.2 Å². The Labute approximate surface area is 106 Å². The molecule has 0 atom stereocenters. The summed E-state index contributed by atoms with van der Waals surface area (Å²) in [5, 5.41) is 14.1. The zero-order valence-corrected chi connectivity index (χ0v) is 10.6. The van der Waals surface area contributed by atoms with Crippen LogP contribution in [0.4, 0.5) is 0 Å². The number of oxime groups is 1. The molecule has 3 N–H and O–H groups in total. The molecule has 0 saturated heterocycles. The molecule has 0 saturated carbocycles. The Kier molecular flexibility index (Phi) is 3.60. The zero-order chi connectivity index (χ0) is 12.3. The van der Waals surface area contributed by atoms with E-state index in [1.54, 1.807) is 17.4 Å². The number of amidine groups is 1. The highest BCUT2D eigenvalue weighted by Crippen LogP contribution is 2.28. The van der Waals surface area contributed by atoms with Crippen LogP contribution < -0.4 is 5.73 Å². The van der Waals surface area contributed by atoms with Gasteiger partial charge in [0, 0.05) is 5.69 Å². The van der Waals surface area contributed by atoms with E-state index in [-0.39, 0.29) is 5.84 Å². The Bertz CT molecular complexity index is 539. The van der Waals surface area contributed by atoms with Crippen molar-refractivity contribution in [1.29, 1.82) is 0 Å². The van der Waals surface area contributed by atoms with Gasteiger partial charge in [0.1, 0.15) is 5.69 Å². The average molecular weight is 266 g/mol. The quantitative estimate of drug-likeness (QED) is 0.292. The van der Waals surface area contributed by atoms with Gasteiger partial charge in [0.05, 0.1) is 4.21 Å². The summed E-state index contributed by atoms with van der Waals surface area (Å²) < 4.78 is 1.10. The molecule has 2 rings (SSSR count). The minimum absolute atomic E-state index is 0.0106. The first-order valence-electron chi connectivity index (χ1n) is 4.74. The van der Waals surface area contributed by atoms with Crippen LogP contribution in [-0.2, 0) is 0 Å². The molecule has 0 bridgehead atoms. The normalized spacial score (nSPS) is 11.7. The van der Waals surface area contributed by atoms with Gasteiger partial charge in [0.2, 0.25) is 0 Å². The minimum atomic E-state index is -0.0106. The van der Waals surface area contributed by atoms with Crippen LogP contribution in [0.25, 0.3) is 0 Å². The highest BCUT2D eigenvalue weighted by atomic mass is 32.2. The fourth-order valence-electron chi connectivity index (χ4n) is 1.18. The second-order valence-electron chi connectivity index (χ2n) is 3.20. The van der Waals surface area contributed by atoms with E-state index in [9.17, 15) is 0 Å². The van der Waals surface area contributed by atoms with Crippen molar-refractivity contribution in [3.05, 3.63) is 35.0 Å². The molecule has 2 aromatic heterocycles. The molecule has 0 aliphatic heterocycles. The minimum Gasteiger partial charge on any atom is -0.409 e. The first-order valence-corrected chi connectivity index (χ1v) is 6.43. The average Bonchev–Trinajstić information content (AvgIpc) is 2.80. The molecule has 5 nitrogen and oxygen atoms in total. The smallest absolute Gasteiger partial charge is 0.194 e. The van der Waals surface area contributed by atoms with E-state index in [1.807, 2.05) is 24.4 Å². The predicted octanol–water partition coefficient (Wildman–Crippen LogP) is 2.09.